The largest absolute Gasteiger partial charge is 0.456 e. The van der Waals surface area contributed by atoms with Crippen LogP contribution in [0.15, 0.2) is 30.3 Å². The number of amides is 1. The number of ether oxygens (including phenoxy) is 1. The summed E-state index contributed by atoms with van der Waals surface area (Å²) in [6, 6.07) is 6.74. The second-order valence-electron chi connectivity index (χ2n) is 4.86. The number of benzene rings is 1. The minimum absolute atomic E-state index is 0.368. The first kappa shape index (κ1) is 14.0. The van der Waals surface area contributed by atoms with E-state index in [1.807, 2.05) is 20.8 Å². The Balaban J connectivity index is 2.77. The van der Waals surface area contributed by atoms with Crippen LogP contribution in [-0.4, -0.2) is 17.5 Å². The van der Waals surface area contributed by atoms with Gasteiger partial charge >= 0.3 is 5.97 Å². The van der Waals surface area contributed by atoms with Crippen molar-refractivity contribution in [2.45, 2.75) is 26.4 Å². The lowest BCUT2D eigenvalue weighted by Crippen LogP contribution is -2.23. The number of hydrogen-bond donors (Lipinski definition) is 1. The zero-order valence-electron chi connectivity index (χ0n) is 10.8. The number of carbonyl (C=O) groups excluding carboxylic acids is 2. The van der Waals surface area contributed by atoms with Crippen LogP contribution in [0.25, 0.3) is 6.08 Å². The van der Waals surface area contributed by atoms with Gasteiger partial charge in [0.1, 0.15) is 5.60 Å². The Morgan fingerprint density at radius 3 is 2.17 bits per heavy atom. The number of carbonyl (C=O) groups is 2. The maximum absolute atomic E-state index is 11.7. The number of rotatable bonds is 3. The van der Waals surface area contributed by atoms with E-state index in [2.05, 4.69) is 0 Å². The monoisotopic (exact) mass is 247 g/mol. The van der Waals surface area contributed by atoms with Crippen molar-refractivity contribution in [2.75, 3.05) is 0 Å². The van der Waals surface area contributed by atoms with E-state index in [1.165, 1.54) is 6.08 Å². The molecule has 0 bridgehead atoms. The van der Waals surface area contributed by atoms with Gasteiger partial charge in [0.05, 0.1) is 5.56 Å². The fraction of sp³-hybridized carbons (Fsp3) is 0.286. The van der Waals surface area contributed by atoms with Gasteiger partial charge in [-0.05, 0) is 44.5 Å². The smallest absolute Gasteiger partial charge is 0.338 e. The Morgan fingerprint density at radius 1 is 1.17 bits per heavy atom. The van der Waals surface area contributed by atoms with Crippen LogP contribution in [0, 0.1) is 0 Å². The first-order valence-electron chi connectivity index (χ1n) is 5.59. The lowest BCUT2D eigenvalue weighted by Gasteiger charge is -2.19. The maximum atomic E-state index is 11.7. The summed E-state index contributed by atoms with van der Waals surface area (Å²) in [5.41, 5.74) is 5.74. The summed E-state index contributed by atoms with van der Waals surface area (Å²) in [5, 5.41) is 0. The molecule has 0 atom stereocenters. The van der Waals surface area contributed by atoms with Gasteiger partial charge in [-0.15, -0.1) is 0 Å². The Labute approximate surface area is 106 Å². The number of nitrogens with two attached hydrogens (primary N) is 1. The molecule has 1 aromatic rings. The summed E-state index contributed by atoms with van der Waals surface area (Å²) in [5.74, 6) is -0.876. The summed E-state index contributed by atoms with van der Waals surface area (Å²) in [6.45, 7) is 5.44. The van der Waals surface area contributed by atoms with Gasteiger partial charge < -0.3 is 10.5 Å². The molecule has 4 heteroatoms. The maximum Gasteiger partial charge on any atom is 0.338 e. The Bertz CT molecular complexity index is 467. The highest BCUT2D eigenvalue weighted by Gasteiger charge is 2.17. The minimum Gasteiger partial charge on any atom is -0.456 e. The molecular weight excluding hydrogens is 230 g/mol. The standard InChI is InChI=1S/C14H17NO3/c1-14(2,3)18-13(17)11-7-4-10(5-8-11)6-9-12(15)16/h4-9H,1-3H3,(H2,15,16). The van der Waals surface area contributed by atoms with Gasteiger partial charge in [-0.3, -0.25) is 4.79 Å². The third kappa shape index (κ3) is 4.82. The normalized spacial score (nSPS) is 11.5. The number of hydrogen-bond acceptors (Lipinski definition) is 3. The third-order valence-corrected chi connectivity index (χ3v) is 1.99. The van der Waals surface area contributed by atoms with E-state index in [-0.39, 0.29) is 5.97 Å². The van der Waals surface area contributed by atoms with Gasteiger partial charge in [0, 0.05) is 6.08 Å². The summed E-state index contributed by atoms with van der Waals surface area (Å²) in [4.78, 5) is 22.3. The van der Waals surface area contributed by atoms with Crippen LogP contribution in [0.5, 0.6) is 0 Å². The van der Waals surface area contributed by atoms with Crippen molar-refractivity contribution in [3.8, 4) is 0 Å². The van der Waals surface area contributed by atoms with Crippen molar-refractivity contribution in [1.82, 2.24) is 0 Å². The van der Waals surface area contributed by atoms with E-state index in [0.29, 0.717) is 5.56 Å². The topological polar surface area (TPSA) is 69.4 Å². The Kier molecular flexibility index (Phi) is 4.26. The quantitative estimate of drug-likeness (QED) is 0.657. The molecule has 1 aromatic carbocycles. The van der Waals surface area contributed by atoms with Crippen molar-refractivity contribution in [1.29, 1.82) is 0 Å². The van der Waals surface area contributed by atoms with Crippen molar-refractivity contribution >= 4 is 18.0 Å². The molecule has 0 radical (unpaired) electrons. The zero-order chi connectivity index (χ0) is 13.8. The van der Waals surface area contributed by atoms with E-state index >= 15 is 0 Å². The summed E-state index contributed by atoms with van der Waals surface area (Å²) in [7, 11) is 0. The molecule has 0 saturated heterocycles. The molecule has 0 heterocycles. The van der Waals surface area contributed by atoms with E-state index in [1.54, 1.807) is 30.3 Å². The van der Waals surface area contributed by atoms with Gasteiger partial charge in [-0.1, -0.05) is 12.1 Å². The fourth-order valence-electron chi connectivity index (χ4n) is 1.25. The highest BCUT2D eigenvalue weighted by molar-refractivity contribution is 5.91. The van der Waals surface area contributed by atoms with E-state index in [9.17, 15) is 9.59 Å². The highest BCUT2D eigenvalue weighted by Crippen LogP contribution is 2.13. The molecule has 4 nitrogen and oxygen atoms in total. The average molecular weight is 247 g/mol. The molecule has 0 saturated carbocycles. The molecule has 0 aliphatic rings. The van der Waals surface area contributed by atoms with Crippen LogP contribution < -0.4 is 5.73 Å². The van der Waals surface area contributed by atoms with Gasteiger partial charge in [0.25, 0.3) is 0 Å². The summed E-state index contributed by atoms with van der Waals surface area (Å²) < 4.78 is 5.23. The molecule has 0 aromatic heterocycles. The lowest BCUT2D eigenvalue weighted by atomic mass is 10.1. The Morgan fingerprint density at radius 2 is 1.72 bits per heavy atom. The van der Waals surface area contributed by atoms with Crippen molar-refractivity contribution in [2.24, 2.45) is 5.73 Å². The second-order valence-corrected chi connectivity index (χ2v) is 4.86. The lowest BCUT2D eigenvalue weighted by molar-refractivity contribution is -0.113. The van der Waals surface area contributed by atoms with Crippen LogP contribution in [0.4, 0.5) is 0 Å². The predicted molar refractivity (Wildman–Crippen MR) is 69.8 cm³/mol. The van der Waals surface area contributed by atoms with E-state index < -0.39 is 11.5 Å². The molecule has 0 unspecified atom stereocenters. The van der Waals surface area contributed by atoms with Crippen LogP contribution in [0.2, 0.25) is 0 Å². The molecule has 1 rings (SSSR count). The van der Waals surface area contributed by atoms with Crippen molar-refractivity contribution in [3.63, 3.8) is 0 Å². The second kappa shape index (κ2) is 5.49. The molecule has 0 aliphatic carbocycles. The third-order valence-electron chi connectivity index (χ3n) is 1.99. The van der Waals surface area contributed by atoms with Crippen molar-refractivity contribution in [3.05, 3.63) is 41.5 Å². The molecule has 1 amide bonds. The first-order chi connectivity index (χ1) is 8.28. The molecular formula is C14H17NO3. The first-order valence-corrected chi connectivity index (χ1v) is 5.59. The van der Waals surface area contributed by atoms with Gasteiger partial charge in [-0.25, -0.2) is 4.79 Å². The van der Waals surface area contributed by atoms with Crippen LogP contribution in [-0.2, 0) is 9.53 Å². The van der Waals surface area contributed by atoms with E-state index in [4.69, 9.17) is 10.5 Å². The molecule has 0 fully saturated rings. The number of esters is 1. The molecule has 96 valence electrons. The minimum atomic E-state index is -0.512. The summed E-state index contributed by atoms with van der Waals surface area (Å²) in [6.07, 6.45) is 2.85. The molecule has 18 heavy (non-hydrogen) atoms. The van der Waals surface area contributed by atoms with Gasteiger partial charge in [0.2, 0.25) is 5.91 Å². The van der Waals surface area contributed by atoms with Gasteiger partial charge in [0.15, 0.2) is 0 Å². The average Bonchev–Trinajstić information content (AvgIpc) is 2.24. The fourth-order valence-corrected chi connectivity index (χ4v) is 1.25. The summed E-state index contributed by atoms with van der Waals surface area (Å²) >= 11 is 0. The van der Waals surface area contributed by atoms with E-state index in [0.717, 1.165) is 5.56 Å². The molecule has 0 spiro atoms. The van der Waals surface area contributed by atoms with Crippen LogP contribution in [0.3, 0.4) is 0 Å². The molecule has 0 aliphatic heterocycles. The van der Waals surface area contributed by atoms with Crippen molar-refractivity contribution < 1.29 is 14.3 Å². The SMILES string of the molecule is CC(C)(C)OC(=O)c1ccc(C=CC(N)=O)cc1. The Hall–Kier alpha value is -2.10. The number of primary amides is 1. The zero-order valence-corrected chi connectivity index (χ0v) is 10.8. The van der Waals surface area contributed by atoms with Crippen LogP contribution in [0.1, 0.15) is 36.7 Å². The van der Waals surface area contributed by atoms with Gasteiger partial charge in [-0.2, -0.15) is 0 Å². The highest BCUT2D eigenvalue weighted by atomic mass is 16.6. The predicted octanol–water partition coefficient (Wildman–Crippen LogP) is 2.14. The van der Waals surface area contributed by atoms with Crippen LogP contribution >= 0.6 is 0 Å². The molecule has 2 N–H and O–H groups in total.